The number of benzene rings is 2. The highest BCUT2D eigenvalue weighted by atomic mass is 16.5. The third kappa shape index (κ3) is 4.70. The van der Waals surface area contributed by atoms with Gasteiger partial charge >= 0.3 is 5.97 Å². The van der Waals surface area contributed by atoms with Gasteiger partial charge in [-0.25, -0.2) is 4.79 Å². The number of ether oxygens (including phenoxy) is 2. The van der Waals surface area contributed by atoms with Gasteiger partial charge in [0.1, 0.15) is 18.4 Å². The van der Waals surface area contributed by atoms with Crippen molar-refractivity contribution in [2.24, 2.45) is 0 Å². The van der Waals surface area contributed by atoms with Crippen LogP contribution in [-0.4, -0.2) is 54.7 Å². The van der Waals surface area contributed by atoms with E-state index in [9.17, 15) is 14.7 Å². The SMILES string of the molecule is COc1cc(C(=O)NC2CCN(CC(O)c3ccc4c(c3C)COC4=O)CC2)ccc1C#N. The molecular weight excluding hydrogens is 422 g/mol. The third-order valence-electron chi connectivity index (χ3n) is 6.50. The molecule has 8 heteroatoms. The minimum Gasteiger partial charge on any atom is -0.495 e. The Morgan fingerprint density at radius 3 is 2.79 bits per heavy atom. The van der Waals surface area contributed by atoms with Gasteiger partial charge in [-0.1, -0.05) is 6.07 Å². The van der Waals surface area contributed by atoms with E-state index in [1.54, 1.807) is 24.3 Å². The van der Waals surface area contributed by atoms with Crippen LogP contribution < -0.4 is 10.1 Å². The minimum atomic E-state index is -0.664. The Hall–Kier alpha value is -3.41. The van der Waals surface area contributed by atoms with Crippen LogP contribution in [0.15, 0.2) is 30.3 Å². The molecule has 8 nitrogen and oxygen atoms in total. The number of carbonyl (C=O) groups excluding carboxylic acids is 2. The molecule has 2 N–H and O–H groups in total. The van der Waals surface area contributed by atoms with Gasteiger partial charge in [0.15, 0.2) is 0 Å². The maximum atomic E-state index is 12.6. The zero-order valence-corrected chi connectivity index (χ0v) is 18.8. The summed E-state index contributed by atoms with van der Waals surface area (Å²) in [6.45, 7) is 4.17. The van der Waals surface area contributed by atoms with Crippen molar-refractivity contribution in [3.63, 3.8) is 0 Å². The van der Waals surface area contributed by atoms with Gasteiger partial charge in [0, 0.05) is 36.8 Å². The molecule has 0 aromatic heterocycles. The lowest BCUT2D eigenvalue weighted by Gasteiger charge is -2.33. The van der Waals surface area contributed by atoms with E-state index >= 15 is 0 Å². The zero-order valence-electron chi connectivity index (χ0n) is 18.8. The monoisotopic (exact) mass is 449 g/mol. The Morgan fingerprint density at radius 2 is 2.09 bits per heavy atom. The summed E-state index contributed by atoms with van der Waals surface area (Å²) in [7, 11) is 1.47. The Kier molecular flexibility index (Phi) is 6.63. The fourth-order valence-corrected chi connectivity index (χ4v) is 4.52. The van der Waals surface area contributed by atoms with Crippen LogP contribution in [0.2, 0.25) is 0 Å². The molecule has 172 valence electrons. The quantitative estimate of drug-likeness (QED) is 0.652. The minimum absolute atomic E-state index is 0.0393. The topological polar surface area (TPSA) is 112 Å². The number of rotatable bonds is 6. The van der Waals surface area contributed by atoms with E-state index in [2.05, 4.69) is 10.2 Å². The van der Waals surface area contributed by atoms with Gasteiger partial charge in [0.05, 0.1) is 24.3 Å². The van der Waals surface area contributed by atoms with Crippen LogP contribution in [0.5, 0.6) is 5.75 Å². The van der Waals surface area contributed by atoms with E-state index in [1.807, 2.05) is 19.1 Å². The van der Waals surface area contributed by atoms with Crippen LogP contribution in [0, 0.1) is 18.3 Å². The number of nitrogens with one attached hydrogen (secondary N) is 1. The van der Waals surface area contributed by atoms with Gasteiger partial charge in [-0.2, -0.15) is 5.26 Å². The molecule has 0 radical (unpaired) electrons. The number of fused-ring (bicyclic) bond motifs is 1. The number of esters is 1. The van der Waals surface area contributed by atoms with Gasteiger partial charge in [-0.3, -0.25) is 4.79 Å². The summed E-state index contributed by atoms with van der Waals surface area (Å²) < 4.78 is 10.3. The number of β-amino-alcohol motifs (C(OH)–C–C–N with tert-alkyl or cyclic N) is 1. The van der Waals surface area contributed by atoms with Crippen molar-refractivity contribution in [2.45, 2.75) is 38.5 Å². The number of hydrogen-bond donors (Lipinski definition) is 2. The first-order valence-electron chi connectivity index (χ1n) is 11.0. The summed E-state index contributed by atoms with van der Waals surface area (Å²) in [4.78, 5) is 26.6. The normalized spacial score (nSPS) is 17.1. The van der Waals surface area contributed by atoms with Crippen molar-refractivity contribution in [1.82, 2.24) is 10.2 Å². The molecule has 2 aromatic carbocycles. The number of nitrogens with zero attached hydrogens (tertiary/aromatic N) is 2. The van der Waals surface area contributed by atoms with Crippen molar-refractivity contribution in [3.8, 4) is 11.8 Å². The van der Waals surface area contributed by atoms with E-state index in [0.717, 1.165) is 42.6 Å². The first-order chi connectivity index (χ1) is 15.9. The van der Waals surface area contributed by atoms with Crippen molar-refractivity contribution >= 4 is 11.9 Å². The predicted octanol–water partition coefficient (Wildman–Crippen LogP) is 2.47. The number of methoxy groups -OCH3 is 1. The van der Waals surface area contributed by atoms with E-state index in [0.29, 0.717) is 29.0 Å². The number of aliphatic hydroxyl groups is 1. The smallest absolute Gasteiger partial charge is 0.338 e. The molecule has 2 heterocycles. The third-order valence-corrected chi connectivity index (χ3v) is 6.50. The average Bonchev–Trinajstić information content (AvgIpc) is 3.21. The summed E-state index contributed by atoms with van der Waals surface area (Å²) >= 11 is 0. The van der Waals surface area contributed by atoms with Gasteiger partial charge < -0.3 is 24.8 Å². The van der Waals surface area contributed by atoms with E-state index in [1.165, 1.54) is 7.11 Å². The Balaban J connectivity index is 1.31. The van der Waals surface area contributed by atoms with Crippen LogP contribution in [0.25, 0.3) is 0 Å². The number of nitriles is 1. The number of amides is 1. The summed E-state index contributed by atoms with van der Waals surface area (Å²) in [6.07, 6.45) is 0.887. The molecule has 1 saturated heterocycles. The highest BCUT2D eigenvalue weighted by molar-refractivity contribution is 5.95. The van der Waals surface area contributed by atoms with Crippen molar-refractivity contribution < 1.29 is 24.2 Å². The fourth-order valence-electron chi connectivity index (χ4n) is 4.52. The molecular formula is C25H27N3O5. The predicted molar refractivity (Wildman–Crippen MR) is 120 cm³/mol. The first-order valence-corrected chi connectivity index (χ1v) is 11.0. The number of carbonyl (C=O) groups is 2. The summed E-state index contributed by atoms with van der Waals surface area (Å²) in [5.41, 5.74) is 4.01. The summed E-state index contributed by atoms with van der Waals surface area (Å²) in [5, 5.41) is 23.0. The number of aliphatic hydroxyl groups excluding tert-OH is 1. The molecule has 2 aliphatic heterocycles. The van der Waals surface area contributed by atoms with Crippen molar-refractivity contribution in [1.29, 1.82) is 5.26 Å². The van der Waals surface area contributed by atoms with Gasteiger partial charge in [0.25, 0.3) is 5.91 Å². The second-order valence-corrected chi connectivity index (χ2v) is 8.47. The number of hydrogen-bond acceptors (Lipinski definition) is 7. The molecule has 2 aliphatic rings. The summed E-state index contributed by atoms with van der Waals surface area (Å²) in [6, 6.07) is 10.4. The Morgan fingerprint density at radius 1 is 1.33 bits per heavy atom. The van der Waals surface area contributed by atoms with Crippen molar-refractivity contribution in [3.05, 3.63) is 63.7 Å². The van der Waals surface area contributed by atoms with E-state index in [-0.39, 0.29) is 24.5 Å². The lowest BCUT2D eigenvalue weighted by atomic mass is 9.94. The van der Waals surface area contributed by atoms with Crippen LogP contribution in [0.1, 0.15) is 61.9 Å². The molecule has 4 rings (SSSR count). The number of piperidine rings is 1. The molecule has 0 bridgehead atoms. The Bertz CT molecular complexity index is 1120. The van der Waals surface area contributed by atoms with Crippen LogP contribution >= 0.6 is 0 Å². The van der Waals surface area contributed by atoms with Crippen LogP contribution in [0.4, 0.5) is 0 Å². The van der Waals surface area contributed by atoms with Crippen LogP contribution in [0.3, 0.4) is 0 Å². The van der Waals surface area contributed by atoms with Crippen molar-refractivity contribution in [2.75, 3.05) is 26.7 Å². The van der Waals surface area contributed by atoms with Gasteiger partial charge in [0.2, 0.25) is 0 Å². The zero-order chi connectivity index (χ0) is 23.5. The van der Waals surface area contributed by atoms with E-state index in [4.69, 9.17) is 14.7 Å². The Labute approximate surface area is 192 Å². The second kappa shape index (κ2) is 9.61. The molecule has 1 amide bonds. The van der Waals surface area contributed by atoms with Crippen LogP contribution in [-0.2, 0) is 11.3 Å². The lowest BCUT2D eigenvalue weighted by Crippen LogP contribution is -2.45. The molecule has 33 heavy (non-hydrogen) atoms. The van der Waals surface area contributed by atoms with E-state index < -0.39 is 6.10 Å². The maximum Gasteiger partial charge on any atom is 0.338 e. The number of cyclic esters (lactones) is 1. The first kappa shape index (κ1) is 22.8. The van der Waals surface area contributed by atoms with Gasteiger partial charge in [-0.05, 0) is 55.2 Å². The molecule has 0 saturated carbocycles. The fraction of sp³-hybridized carbons (Fsp3) is 0.400. The largest absolute Gasteiger partial charge is 0.495 e. The summed E-state index contributed by atoms with van der Waals surface area (Å²) in [5.74, 6) is -0.119. The van der Waals surface area contributed by atoms with Gasteiger partial charge in [-0.15, -0.1) is 0 Å². The maximum absolute atomic E-state index is 12.6. The molecule has 1 atom stereocenters. The molecule has 1 fully saturated rings. The molecule has 0 spiro atoms. The highest BCUT2D eigenvalue weighted by Crippen LogP contribution is 2.30. The standard InChI is InChI=1S/C25H27N3O5/c1-15-19(5-6-20-21(15)14-33-25(20)31)22(29)13-28-9-7-18(8-10-28)27-24(30)16-3-4-17(12-26)23(11-16)32-2/h3-6,11,18,22,29H,7-10,13-14H2,1-2H3,(H,27,30). The molecule has 0 aliphatic carbocycles. The molecule has 1 unspecified atom stereocenters. The molecule has 2 aromatic rings. The average molecular weight is 450 g/mol. The lowest BCUT2D eigenvalue weighted by molar-refractivity contribution is 0.0534. The highest BCUT2D eigenvalue weighted by Gasteiger charge is 2.27. The second-order valence-electron chi connectivity index (χ2n) is 8.47. The number of likely N-dealkylation sites (tertiary alicyclic amines) is 1.